The summed E-state index contributed by atoms with van der Waals surface area (Å²) in [6, 6.07) is 1.19. The molecular weight excluding hydrogens is 324 g/mol. The highest BCUT2D eigenvalue weighted by Crippen LogP contribution is 2.14. The number of amides is 1. The second kappa shape index (κ2) is 7.14. The topological polar surface area (TPSA) is 106 Å². The average Bonchev–Trinajstić information content (AvgIpc) is 3.04. The van der Waals surface area contributed by atoms with Gasteiger partial charge in [0.25, 0.3) is 0 Å². The van der Waals surface area contributed by atoms with Crippen LogP contribution in [-0.2, 0) is 25.9 Å². The summed E-state index contributed by atoms with van der Waals surface area (Å²) >= 11 is 0. The van der Waals surface area contributed by atoms with Crippen molar-refractivity contribution in [1.29, 1.82) is 0 Å². The third-order valence-electron chi connectivity index (χ3n) is 3.58. The van der Waals surface area contributed by atoms with Crippen molar-refractivity contribution in [1.82, 2.24) is 10.2 Å². The minimum absolute atomic E-state index is 0.00682. The molecular formula is C14H20N2O6S. The molecule has 23 heavy (non-hydrogen) atoms. The molecule has 9 heteroatoms. The van der Waals surface area contributed by atoms with Gasteiger partial charge in [0.05, 0.1) is 38.0 Å². The molecule has 1 fully saturated rings. The van der Waals surface area contributed by atoms with Gasteiger partial charge in [0.15, 0.2) is 9.84 Å². The maximum Gasteiger partial charge on any atom is 0.341 e. The van der Waals surface area contributed by atoms with E-state index in [1.807, 2.05) is 0 Å². The number of carbonyl (C=O) groups excluding carboxylic acids is 2. The molecule has 2 rings (SSSR count). The summed E-state index contributed by atoms with van der Waals surface area (Å²) in [4.78, 5) is 25.2. The zero-order chi connectivity index (χ0) is 17.0. The van der Waals surface area contributed by atoms with E-state index in [1.54, 1.807) is 11.9 Å². The van der Waals surface area contributed by atoms with Gasteiger partial charge >= 0.3 is 5.97 Å². The van der Waals surface area contributed by atoms with Gasteiger partial charge < -0.3 is 14.5 Å². The molecule has 0 unspecified atom stereocenters. The predicted octanol–water partition coefficient (Wildman–Crippen LogP) is -0.199. The zero-order valence-corrected chi connectivity index (χ0v) is 13.9. The number of esters is 1. The number of furan rings is 1. The van der Waals surface area contributed by atoms with Gasteiger partial charge in [-0.2, -0.15) is 0 Å². The van der Waals surface area contributed by atoms with Crippen LogP contribution in [0.1, 0.15) is 22.5 Å². The van der Waals surface area contributed by atoms with Crippen molar-refractivity contribution in [3.63, 3.8) is 0 Å². The lowest BCUT2D eigenvalue weighted by Crippen LogP contribution is -2.41. The molecule has 1 aliphatic heterocycles. The fraction of sp³-hybridized carbons (Fsp3) is 0.571. The molecule has 0 radical (unpaired) electrons. The number of likely N-dealkylation sites (N-methyl/N-ethyl adjacent to an activating group) is 1. The Morgan fingerprint density at radius 1 is 1.48 bits per heavy atom. The van der Waals surface area contributed by atoms with Gasteiger partial charge in [-0.15, -0.1) is 0 Å². The molecule has 1 aliphatic rings. The van der Waals surface area contributed by atoms with Crippen LogP contribution in [0.3, 0.4) is 0 Å². The minimum Gasteiger partial charge on any atom is -0.467 e. The van der Waals surface area contributed by atoms with Gasteiger partial charge in [0.1, 0.15) is 11.3 Å². The summed E-state index contributed by atoms with van der Waals surface area (Å²) in [7, 11) is -0.0368. The van der Waals surface area contributed by atoms with Crippen molar-refractivity contribution in [2.45, 2.75) is 19.0 Å². The molecule has 0 spiro atoms. The first-order valence-corrected chi connectivity index (χ1v) is 8.96. The normalized spacial score (nSPS) is 19.7. The molecule has 0 saturated carbocycles. The van der Waals surface area contributed by atoms with E-state index in [0.717, 1.165) is 0 Å². The Labute approximate surface area is 134 Å². The second-order valence-electron chi connectivity index (χ2n) is 5.59. The molecule has 0 aromatic carbocycles. The first kappa shape index (κ1) is 17.5. The minimum atomic E-state index is -3.02. The first-order chi connectivity index (χ1) is 10.8. The number of methoxy groups -OCH3 is 1. The third-order valence-corrected chi connectivity index (χ3v) is 5.34. The van der Waals surface area contributed by atoms with Crippen molar-refractivity contribution >= 4 is 21.7 Å². The van der Waals surface area contributed by atoms with Gasteiger partial charge in [-0.1, -0.05) is 0 Å². The number of ether oxygens (including phenoxy) is 1. The molecule has 2 heterocycles. The number of carbonyl (C=O) groups is 2. The maximum absolute atomic E-state index is 12.0. The Balaban J connectivity index is 1.85. The molecule has 1 aromatic heterocycles. The van der Waals surface area contributed by atoms with Crippen LogP contribution in [0.2, 0.25) is 0 Å². The van der Waals surface area contributed by atoms with E-state index in [1.165, 1.54) is 19.4 Å². The number of sulfone groups is 1. The van der Waals surface area contributed by atoms with Crippen LogP contribution in [0.15, 0.2) is 16.7 Å². The van der Waals surface area contributed by atoms with Gasteiger partial charge in [-0.05, 0) is 19.5 Å². The zero-order valence-electron chi connectivity index (χ0n) is 13.1. The molecule has 8 nitrogen and oxygen atoms in total. The summed E-state index contributed by atoms with van der Waals surface area (Å²) < 4.78 is 32.6. The molecule has 128 valence electrons. The molecule has 1 atom stereocenters. The van der Waals surface area contributed by atoms with E-state index < -0.39 is 15.8 Å². The van der Waals surface area contributed by atoms with E-state index in [2.05, 4.69) is 10.1 Å². The SMILES string of the molecule is COC(=O)c1ccoc1CN(C)CC(=O)N[C@@H]1CCS(=O)(=O)C1. The van der Waals surface area contributed by atoms with Crippen LogP contribution in [0, 0.1) is 0 Å². The quantitative estimate of drug-likeness (QED) is 0.712. The summed E-state index contributed by atoms with van der Waals surface area (Å²) in [5.41, 5.74) is 0.321. The first-order valence-electron chi connectivity index (χ1n) is 7.14. The smallest absolute Gasteiger partial charge is 0.341 e. The fourth-order valence-corrected chi connectivity index (χ4v) is 4.16. The van der Waals surface area contributed by atoms with Gasteiger partial charge in [0, 0.05) is 6.04 Å². The lowest BCUT2D eigenvalue weighted by atomic mass is 10.2. The summed E-state index contributed by atoms with van der Waals surface area (Å²) in [6.45, 7) is 0.325. The van der Waals surface area contributed by atoms with Gasteiger partial charge in [-0.3, -0.25) is 9.69 Å². The van der Waals surface area contributed by atoms with Crippen molar-refractivity contribution in [3.8, 4) is 0 Å². The van der Waals surface area contributed by atoms with Crippen LogP contribution in [0.25, 0.3) is 0 Å². The highest BCUT2D eigenvalue weighted by atomic mass is 32.2. The van der Waals surface area contributed by atoms with Crippen molar-refractivity contribution in [2.75, 3.05) is 32.2 Å². The van der Waals surface area contributed by atoms with Crippen LogP contribution >= 0.6 is 0 Å². The molecule has 1 N–H and O–H groups in total. The van der Waals surface area contributed by atoms with Gasteiger partial charge in [-0.25, -0.2) is 13.2 Å². The van der Waals surface area contributed by atoms with E-state index in [4.69, 9.17) is 4.42 Å². The van der Waals surface area contributed by atoms with Crippen LogP contribution in [0.4, 0.5) is 0 Å². The summed E-state index contributed by atoms with van der Waals surface area (Å²) in [5, 5.41) is 2.71. The highest BCUT2D eigenvalue weighted by Gasteiger charge is 2.29. The molecule has 1 saturated heterocycles. The maximum atomic E-state index is 12.0. The standard InChI is InChI=1S/C14H20N2O6S/c1-16(7-12-11(3-5-22-12)14(18)21-2)8-13(17)15-10-4-6-23(19,20)9-10/h3,5,10H,4,6-9H2,1-2H3,(H,15,17)/t10-/m1/s1. The summed E-state index contributed by atoms with van der Waals surface area (Å²) in [6.07, 6.45) is 1.83. The molecule has 0 bridgehead atoms. The van der Waals surface area contributed by atoms with Crippen molar-refractivity contribution in [2.24, 2.45) is 0 Å². The summed E-state index contributed by atoms with van der Waals surface area (Å²) in [5.74, 6) is -0.241. The number of rotatable bonds is 6. The molecule has 1 amide bonds. The van der Waals surface area contributed by atoms with E-state index in [-0.39, 0.29) is 36.5 Å². The molecule has 1 aromatic rings. The van der Waals surface area contributed by atoms with E-state index in [9.17, 15) is 18.0 Å². The van der Waals surface area contributed by atoms with Crippen LogP contribution < -0.4 is 5.32 Å². The lowest BCUT2D eigenvalue weighted by molar-refractivity contribution is -0.122. The fourth-order valence-electron chi connectivity index (χ4n) is 2.48. The van der Waals surface area contributed by atoms with E-state index in [0.29, 0.717) is 17.7 Å². The highest BCUT2D eigenvalue weighted by molar-refractivity contribution is 7.91. The van der Waals surface area contributed by atoms with Crippen LogP contribution in [-0.4, -0.2) is 63.4 Å². The second-order valence-corrected chi connectivity index (χ2v) is 7.82. The lowest BCUT2D eigenvalue weighted by Gasteiger charge is -2.17. The van der Waals surface area contributed by atoms with Crippen LogP contribution in [0.5, 0.6) is 0 Å². The third kappa shape index (κ3) is 4.80. The Bertz CT molecular complexity index is 681. The number of nitrogens with zero attached hydrogens (tertiary/aromatic N) is 1. The monoisotopic (exact) mass is 344 g/mol. The van der Waals surface area contributed by atoms with Gasteiger partial charge in [0.2, 0.25) is 5.91 Å². The number of hydrogen-bond donors (Lipinski definition) is 1. The Morgan fingerprint density at radius 3 is 2.83 bits per heavy atom. The van der Waals surface area contributed by atoms with Crippen molar-refractivity contribution in [3.05, 3.63) is 23.7 Å². The number of hydrogen-bond acceptors (Lipinski definition) is 7. The van der Waals surface area contributed by atoms with E-state index >= 15 is 0 Å². The largest absolute Gasteiger partial charge is 0.467 e. The Morgan fingerprint density at radius 2 is 2.22 bits per heavy atom. The van der Waals surface area contributed by atoms with Crippen molar-refractivity contribution < 1.29 is 27.2 Å². The average molecular weight is 344 g/mol. The Hall–Kier alpha value is -1.87. The molecule has 0 aliphatic carbocycles. The predicted molar refractivity (Wildman–Crippen MR) is 81.6 cm³/mol. The Kier molecular flexibility index (Phi) is 5.42. The number of nitrogens with one attached hydrogen (secondary N) is 1.